The number of rotatable bonds is 4. The molecule has 1 aliphatic heterocycles. The molecule has 29 heavy (non-hydrogen) atoms. The second-order valence-electron chi connectivity index (χ2n) is 7.13. The highest BCUT2D eigenvalue weighted by Crippen LogP contribution is 2.26. The second-order valence-corrected chi connectivity index (χ2v) is 7.13. The molecule has 1 amide bonds. The first-order valence-electron chi connectivity index (χ1n) is 9.51. The second kappa shape index (κ2) is 10.6. The van der Waals surface area contributed by atoms with E-state index < -0.39 is 5.91 Å². The maximum Gasteiger partial charge on any atom is 0.248 e. The van der Waals surface area contributed by atoms with Gasteiger partial charge in [0.15, 0.2) is 5.96 Å². The number of hydrogen-bond donors (Lipinski definition) is 2. The van der Waals surface area contributed by atoms with Crippen LogP contribution in [-0.4, -0.2) is 43.5 Å². The van der Waals surface area contributed by atoms with Crippen LogP contribution < -0.4 is 11.1 Å². The van der Waals surface area contributed by atoms with Crippen molar-refractivity contribution < 1.29 is 9.53 Å². The fourth-order valence-electron chi connectivity index (χ4n) is 3.56. The number of morpholine rings is 1. The van der Waals surface area contributed by atoms with E-state index in [1.807, 2.05) is 12.1 Å². The Morgan fingerprint density at radius 1 is 1.28 bits per heavy atom. The first-order chi connectivity index (χ1) is 13.5. The Labute approximate surface area is 189 Å². The third-order valence-electron chi connectivity index (χ3n) is 5.01. The monoisotopic (exact) mass is 508 g/mol. The minimum absolute atomic E-state index is 0. The number of nitrogens with one attached hydrogen (secondary N) is 1. The van der Waals surface area contributed by atoms with E-state index in [-0.39, 0.29) is 30.1 Å². The number of nitrogens with two attached hydrogens (primary N) is 1. The molecule has 0 aliphatic carbocycles. The molecule has 0 aromatic heterocycles. The summed E-state index contributed by atoms with van der Waals surface area (Å²) in [5, 5.41) is 3.39. The van der Waals surface area contributed by atoms with E-state index in [0.717, 1.165) is 24.6 Å². The van der Waals surface area contributed by atoms with E-state index in [4.69, 9.17) is 10.5 Å². The van der Waals surface area contributed by atoms with Crippen LogP contribution in [0.25, 0.3) is 0 Å². The fraction of sp³-hybridized carbons (Fsp3) is 0.364. The number of carbonyl (C=O) groups excluding carboxylic acids is 1. The van der Waals surface area contributed by atoms with E-state index in [1.165, 1.54) is 16.7 Å². The molecule has 1 fully saturated rings. The van der Waals surface area contributed by atoms with Crippen molar-refractivity contribution in [2.24, 2.45) is 10.7 Å². The van der Waals surface area contributed by atoms with Crippen molar-refractivity contribution in [1.82, 2.24) is 10.2 Å². The number of ether oxygens (including phenoxy) is 1. The SMILES string of the molecule is CN=C(NCc1cccc(C(N)=O)c1)N1CCOC(c2ccc(C)cc2C)C1.I. The molecule has 156 valence electrons. The lowest BCUT2D eigenvalue weighted by Gasteiger charge is -2.36. The minimum Gasteiger partial charge on any atom is -0.370 e. The minimum atomic E-state index is -0.421. The highest BCUT2D eigenvalue weighted by atomic mass is 127. The predicted octanol–water partition coefficient (Wildman–Crippen LogP) is 3.17. The molecular formula is C22H29IN4O2. The summed E-state index contributed by atoms with van der Waals surface area (Å²) in [5.74, 6) is 0.401. The van der Waals surface area contributed by atoms with Crippen molar-refractivity contribution >= 4 is 35.8 Å². The van der Waals surface area contributed by atoms with Crippen LogP contribution in [0.1, 0.15) is 38.7 Å². The number of carbonyl (C=O) groups is 1. The van der Waals surface area contributed by atoms with Gasteiger partial charge in [-0.05, 0) is 42.7 Å². The van der Waals surface area contributed by atoms with E-state index >= 15 is 0 Å². The Morgan fingerprint density at radius 3 is 2.76 bits per heavy atom. The third-order valence-corrected chi connectivity index (χ3v) is 5.01. The van der Waals surface area contributed by atoms with E-state index in [9.17, 15) is 4.79 Å². The number of hydrogen-bond acceptors (Lipinski definition) is 3. The molecule has 2 aromatic rings. The molecule has 0 radical (unpaired) electrons. The van der Waals surface area contributed by atoms with Gasteiger partial charge in [0.25, 0.3) is 0 Å². The Kier molecular flexibility index (Phi) is 8.45. The summed E-state index contributed by atoms with van der Waals surface area (Å²) in [6, 6.07) is 13.8. The van der Waals surface area contributed by atoms with Crippen LogP contribution in [0, 0.1) is 13.8 Å². The van der Waals surface area contributed by atoms with Gasteiger partial charge in [0, 0.05) is 25.7 Å². The highest BCUT2D eigenvalue weighted by molar-refractivity contribution is 14.0. The molecule has 0 saturated carbocycles. The van der Waals surface area contributed by atoms with Gasteiger partial charge in [-0.1, -0.05) is 35.9 Å². The van der Waals surface area contributed by atoms with Crippen LogP contribution in [0.2, 0.25) is 0 Å². The largest absolute Gasteiger partial charge is 0.370 e. The number of aliphatic imine (C=N–C) groups is 1. The van der Waals surface area contributed by atoms with Crippen LogP contribution in [0.5, 0.6) is 0 Å². The molecule has 3 N–H and O–H groups in total. The Balaban J connectivity index is 0.00000300. The average molecular weight is 508 g/mol. The smallest absolute Gasteiger partial charge is 0.248 e. The number of amides is 1. The maximum absolute atomic E-state index is 11.4. The lowest BCUT2D eigenvalue weighted by molar-refractivity contribution is -0.00834. The highest BCUT2D eigenvalue weighted by Gasteiger charge is 2.25. The van der Waals surface area contributed by atoms with Crippen molar-refractivity contribution in [3.63, 3.8) is 0 Å². The fourth-order valence-corrected chi connectivity index (χ4v) is 3.56. The van der Waals surface area contributed by atoms with Gasteiger partial charge in [-0.3, -0.25) is 9.79 Å². The molecule has 1 saturated heterocycles. The van der Waals surface area contributed by atoms with E-state index in [1.54, 1.807) is 19.2 Å². The van der Waals surface area contributed by atoms with E-state index in [0.29, 0.717) is 18.7 Å². The molecule has 0 spiro atoms. The number of nitrogens with zero attached hydrogens (tertiary/aromatic N) is 2. The molecule has 1 atom stereocenters. The number of aryl methyl sites for hydroxylation is 2. The third kappa shape index (κ3) is 5.93. The van der Waals surface area contributed by atoms with Crippen molar-refractivity contribution in [2.75, 3.05) is 26.7 Å². The molecule has 3 rings (SSSR count). The number of primary amides is 1. The Bertz CT molecular complexity index is 885. The standard InChI is InChI=1S/C22H28N4O2.HI/c1-15-7-8-19(16(2)11-15)20-14-26(9-10-28-20)22(24-3)25-13-17-5-4-6-18(12-17)21(23)27;/h4-8,11-12,20H,9-10,13-14H2,1-3H3,(H2,23,27)(H,24,25);1H. The van der Waals surface area contributed by atoms with E-state index in [2.05, 4.69) is 47.3 Å². The van der Waals surface area contributed by atoms with Gasteiger partial charge in [-0.2, -0.15) is 0 Å². The number of benzene rings is 2. The first-order valence-corrected chi connectivity index (χ1v) is 9.51. The zero-order valence-electron chi connectivity index (χ0n) is 17.1. The topological polar surface area (TPSA) is 79.9 Å². The summed E-state index contributed by atoms with van der Waals surface area (Å²) in [6.45, 7) is 6.97. The summed E-state index contributed by atoms with van der Waals surface area (Å²) < 4.78 is 6.04. The zero-order valence-corrected chi connectivity index (χ0v) is 19.5. The summed E-state index contributed by atoms with van der Waals surface area (Å²) >= 11 is 0. The van der Waals surface area contributed by atoms with Gasteiger partial charge < -0.3 is 20.7 Å². The molecule has 1 unspecified atom stereocenters. The van der Waals surface area contributed by atoms with Crippen LogP contribution >= 0.6 is 24.0 Å². The lowest BCUT2D eigenvalue weighted by Crippen LogP contribution is -2.48. The Morgan fingerprint density at radius 2 is 2.07 bits per heavy atom. The molecule has 7 heteroatoms. The quantitative estimate of drug-likeness (QED) is 0.378. The van der Waals surface area contributed by atoms with Crippen molar-refractivity contribution in [3.8, 4) is 0 Å². The van der Waals surface area contributed by atoms with Gasteiger partial charge in [-0.15, -0.1) is 24.0 Å². The molecule has 6 nitrogen and oxygen atoms in total. The zero-order chi connectivity index (χ0) is 20.1. The van der Waals surface area contributed by atoms with Gasteiger partial charge in [0.1, 0.15) is 6.10 Å². The molecule has 2 aromatic carbocycles. The maximum atomic E-state index is 11.4. The molecule has 1 aliphatic rings. The summed E-state index contributed by atoms with van der Waals surface area (Å²) in [7, 11) is 1.78. The van der Waals surface area contributed by atoms with Crippen molar-refractivity contribution in [3.05, 3.63) is 70.3 Å². The summed E-state index contributed by atoms with van der Waals surface area (Å²) in [5.41, 5.74) is 10.6. The molecule has 1 heterocycles. The van der Waals surface area contributed by atoms with Crippen LogP contribution in [0.15, 0.2) is 47.5 Å². The Hall–Kier alpha value is -2.13. The van der Waals surface area contributed by atoms with Gasteiger partial charge >= 0.3 is 0 Å². The lowest BCUT2D eigenvalue weighted by atomic mass is 10.00. The van der Waals surface area contributed by atoms with Crippen LogP contribution in [0.3, 0.4) is 0 Å². The van der Waals surface area contributed by atoms with Crippen LogP contribution in [0.4, 0.5) is 0 Å². The average Bonchev–Trinajstić information content (AvgIpc) is 2.69. The van der Waals surface area contributed by atoms with Crippen LogP contribution in [-0.2, 0) is 11.3 Å². The van der Waals surface area contributed by atoms with Gasteiger partial charge in [0.05, 0.1) is 13.2 Å². The molecule has 0 bridgehead atoms. The summed E-state index contributed by atoms with van der Waals surface area (Å²) in [6.07, 6.45) is 0.0195. The van der Waals surface area contributed by atoms with Crippen molar-refractivity contribution in [2.45, 2.75) is 26.5 Å². The van der Waals surface area contributed by atoms with Gasteiger partial charge in [-0.25, -0.2) is 0 Å². The van der Waals surface area contributed by atoms with Crippen molar-refractivity contribution in [1.29, 1.82) is 0 Å². The summed E-state index contributed by atoms with van der Waals surface area (Å²) in [4.78, 5) is 18.0. The molecular weight excluding hydrogens is 479 g/mol. The predicted molar refractivity (Wildman–Crippen MR) is 127 cm³/mol. The normalized spacial score (nSPS) is 16.9. The first kappa shape index (κ1) is 23.2. The van der Waals surface area contributed by atoms with Gasteiger partial charge in [0.2, 0.25) is 5.91 Å². The number of halogens is 1. The number of guanidine groups is 1.